The number of ether oxygens (including phenoxy) is 2. The van der Waals surface area contributed by atoms with E-state index in [1.54, 1.807) is 48.5 Å². The maximum atomic E-state index is 13.0. The zero-order chi connectivity index (χ0) is 26.9. The Morgan fingerprint density at radius 1 is 1.05 bits per heavy atom. The van der Waals surface area contributed by atoms with Crippen molar-refractivity contribution in [1.29, 1.82) is 0 Å². The van der Waals surface area contributed by atoms with Gasteiger partial charge in [-0.15, -0.1) is 0 Å². The number of nitro benzene ring substituents is 1. The van der Waals surface area contributed by atoms with Crippen LogP contribution in [0.1, 0.15) is 21.5 Å². The van der Waals surface area contributed by atoms with Crippen LogP contribution in [0.4, 0.5) is 5.69 Å². The Kier molecular flexibility index (Phi) is 8.95. The van der Waals surface area contributed by atoms with Crippen molar-refractivity contribution in [3.05, 3.63) is 97.6 Å². The number of hydrogen-bond donors (Lipinski definition) is 3. The van der Waals surface area contributed by atoms with Crippen molar-refractivity contribution >= 4 is 45.7 Å². The van der Waals surface area contributed by atoms with E-state index in [2.05, 4.69) is 31.8 Å². The largest absolute Gasteiger partial charge is 0.506 e. The van der Waals surface area contributed by atoms with E-state index in [-0.39, 0.29) is 27.2 Å². The van der Waals surface area contributed by atoms with E-state index in [1.165, 1.54) is 20.3 Å². The molecule has 12 heteroatoms. The van der Waals surface area contributed by atoms with Crippen LogP contribution in [0.25, 0.3) is 6.08 Å². The Bertz CT molecular complexity index is 1390. The van der Waals surface area contributed by atoms with E-state index in [9.17, 15) is 24.8 Å². The number of rotatable bonds is 9. The summed E-state index contributed by atoms with van der Waals surface area (Å²) in [7, 11) is 2.95. The summed E-state index contributed by atoms with van der Waals surface area (Å²) in [6, 6.07) is 15.4. The molecule has 0 spiro atoms. The van der Waals surface area contributed by atoms with Crippen LogP contribution in [0.2, 0.25) is 0 Å². The summed E-state index contributed by atoms with van der Waals surface area (Å²) < 4.78 is 10.6. The first-order valence-electron chi connectivity index (χ1n) is 10.5. The average Bonchev–Trinajstić information content (AvgIpc) is 2.90. The van der Waals surface area contributed by atoms with E-state index >= 15 is 0 Å². The van der Waals surface area contributed by atoms with Gasteiger partial charge in [0.2, 0.25) is 0 Å². The normalized spacial score (nSPS) is 11.2. The molecule has 0 aromatic heterocycles. The minimum Gasteiger partial charge on any atom is -0.506 e. The van der Waals surface area contributed by atoms with Gasteiger partial charge in [-0.25, -0.2) is 5.43 Å². The maximum absolute atomic E-state index is 13.0. The Balaban J connectivity index is 1.91. The highest BCUT2D eigenvalue weighted by Gasteiger charge is 2.16. The van der Waals surface area contributed by atoms with Gasteiger partial charge in [-0.1, -0.05) is 24.3 Å². The first-order valence-corrected chi connectivity index (χ1v) is 11.3. The monoisotopic (exact) mass is 568 g/mol. The summed E-state index contributed by atoms with van der Waals surface area (Å²) in [5.74, 6) is -0.741. The average molecular weight is 569 g/mol. The van der Waals surface area contributed by atoms with E-state index < -0.39 is 16.7 Å². The molecule has 0 aliphatic rings. The van der Waals surface area contributed by atoms with Gasteiger partial charge in [0.25, 0.3) is 17.5 Å². The third-order valence-corrected chi connectivity index (χ3v) is 5.51. The van der Waals surface area contributed by atoms with Crippen LogP contribution in [-0.4, -0.2) is 42.3 Å². The molecule has 0 saturated heterocycles. The van der Waals surface area contributed by atoms with Gasteiger partial charge in [0, 0.05) is 23.3 Å². The van der Waals surface area contributed by atoms with Gasteiger partial charge in [-0.3, -0.25) is 19.7 Å². The third kappa shape index (κ3) is 6.92. The minimum atomic E-state index is -0.792. The van der Waals surface area contributed by atoms with Crippen molar-refractivity contribution in [2.45, 2.75) is 0 Å². The van der Waals surface area contributed by atoms with Crippen molar-refractivity contribution in [1.82, 2.24) is 10.7 Å². The molecule has 0 aliphatic carbocycles. The summed E-state index contributed by atoms with van der Waals surface area (Å²) in [6.45, 7) is 0. The smallest absolute Gasteiger partial charge is 0.287 e. The molecule has 0 unspecified atom stereocenters. The van der Waals surface area contributed by atoms with Gasteiger partial charge in [0.15, 0.2) is 11.5 Å². The number of halogens is 1. The number of nitro groups is 1. The molecule has 190 valence electrons. The van der Waals surface area contributed by atoms with Gasteiger partial charge in [-0.05, 0) is 51.8 Å². The second-order valence-corrected chi connectivity index (χ2v) is 8.17. The van der Waals surface area contributed by atoms with E-state index in [1.807, 2.05) is 0 Å². The van der Waals surface area contributed by atoms with E-state index in [0.29, 0.717) is 22.6 Å². The topological polar surface area (TPSA) is 152 Å². The van der Waals surface area contributed by atoms with Crippen molar-refractivity contribution in [3.63, 3.8) is 0 Å². The fourth-order valence-electron chi connectivity index (χ4n) is 3.08. The van der Waals surface area contributed by atoms with Gasteiger partial charge in [0.05, 0.1) is 29.8 Å². The Morgan fingerprint density at radius 3 is 2.41 bits per heavy atom. The number of nitrogens with zero attached hydrogens (tertiary/aromatic N) is 2. The molecule has 2 amide bonds. The third-order valence-electron chi connectivity index (χ3n) is 4.91. The van der Waals surface area contributed by atoms with E-state index in [0.717, 1.165) is 18.3 Å². The molecule has 0 atom stereocenters. The number of phenolic OH excluding ortho intramolecular Hbond substituents is 1. The van der Waals surface area contributed by atoms with Crippen LogP contribution in [-0.2, 0) is 4.79 Å². The summed E-state index contributed by atoms with van der Waals surface area (Å²) in [6.07, 6.45) is 2.45. The van der Waals surface area contributed by atoms with Gasteiger partial charge >= 0.3 is 0 Å². The second kappa shape index (κ2) is 12.3. The SMILES string of the molecule is COc1ccc(C=C(NC(=O)c2ccccc2)C(=O)NN=Cc2cc([N+](=O)[O-])cc(Br)c2O)cc1OC. The zero-order valence-electron chi connectivity index (χ0n) is 19.6. The molecule has 0 aliphatic heterocycles. The highest BCUT2D eigenvalue weighted by atomic mass is 79.9. The zero-order valence-corrected chi connectivity index (χ0v) is 21.2. The predicted molar refractivity (Wildman–Crippen MR) is 140 cm³/mol. The number of methoxy groups -OCH3 is 2. The molecule has 0 bridgehead atoms. The quantitative estimate of drug-likeness (QED) is 0.152. The summed E-state index contributed by atoms with van der Waals surface area (Å²) >= 11 is 3.04. The molecule has 11 nitrogen and oxygen atoms in total. The standard InChI is InChI=1S/C25H21BrN4O7/c1-36-21-9-8-15(11-22(21)37-2)10-20(28-24(32)16-6-4-3-5-7-16)25(33)29-27-14-17-12-18(30(34)35)13-19(26)23(17)31/h3-14,31H,1-2H3,(H,28,32)(H,29,33). The number of carbonyl (C=O) groups is 2. The van der Waals surface area contributed by atoms with Crippen molar-refractivity contribution in [2.75, 3.05) is 14.2 Å². The summed E-state index contributed by atoms with van der Waals surface area (Å²) in [5, 5.41) is 27.6. The lowest BCUT2D eigenvalue weighted by Gasteiger charge is -2.11. The first-order chi connectivity index (χ1) is 17.7. The van der Waals surface area contributed by atoms with Crippen molar-refractivity contribution < 1.29 is 29.1 Å². The number of benzene rings is 3. The number of amides is 2. The molecule has 0 fully saturated rings. The Morgan fingerprint density at radius 2 is 1.76 bits per heavy atom. The maximum Gasteiger partial charge on any atom is 0.287 e. The molecule has 3 aromatic rings. The number of aromatic hydroxyl groups is 1. The molecule has 3 N–H and O–H groups in total. The highest BCUT2D eigenvalue weighted by molar-refractivity contribution is 9.10. The molecule has 0 radical (unpaired) electrons. The van der Waals surface area contributed by atoms with Crippen LogP contribution in [0.3, 0.4) is 0 Å². The van der Waals surface area contributed by atoms with Crippen molar-refractivity contribution in [3.8, 4) is 17.2 Å². The Hall–Kier alpha value is -4.71. The number of phenols is 1. The number of carbonyl (C=O) groups excluding carboxylic acids is 2. The Labute approximate surface area is 219 Å². The molecule has 0 saturated carbocycles. The molecule has 0 heterocycles. The van der Waals surface area contributed by atoms with Gasteiger partial charge < -0.3 is 19.9 Å². The van der Waals surface area contributed by atoms with Crippen molar-refractivity contribution in [2.24, 2.45) is 5.10 Å². The lowest BCUT2D eigenvalue weighted by Crippen LogP contribution is -2.32. The number of nitrogens with one attached hydrogen (secondary N) is 2. The van der Waals surface area contributed by atoms with E-state index in [4.69, 9.17) is 9.47 Å². The number of non-ortho nitro benzene ring substituents is 1. The van der Waals surface area contributed by atoms with Crippen LogP contribution in [0.15, 0.2) is 75.9 Å². The molecule has 3 aromatic carbocycles. The second-order valence-electron chi connectivity index (χ2n) is 7.31. The first kappa shape index (κ1) is 26.9. The van der Waals surface area contributed by atoms with Crippen LogP contribution in [0.5, 0.6) is 17.2 Å². The minimum absolute atomic E-state index is 0.0138. The lowest BCUT2D eigenvalue weighted by molar-refractivity contribution is -0.385. The fraction of sp³-hybridized carbons (Fsp3) is 0.0800. The summed E-state index contributed by atoms with van der Waals surface area (Å²) in [5.41, 5.74) is 2.63. The van der Waals surface area contributed by atoms with Gasteiger partial charge in [0.1, 0.15) is 11.4 Å². The number of hydrazone groups is 1. The molecule has 3 rings (SSSR count). The lowest BCUT2D eigenvalue weighted by atomic mass is 10.1. The van der Waals surface area contributed by atoms with Gasteiger partial charge in [-0.2, -0.15) is 5.10 Å². The molecular weight excluding hydrogens is 548 g/mol. The van der Waals surface area contributed by atoms with Crippen LogP contribution in [0, 0.1) is 10.1 Å². The highest BCUT2D eigenvalue weighted by Crippen LogP contribution is 2.31. The van der Waals surface area contributed by atoms with Crippen LogP contribution >= 0.6 is 15.9 Å². The van der Waals surface area contributed by atoms with Crippen LogP contribution < -0.4 is 20.2 Å². The fourth-order valence-corrected chi connectivity index (χ4v) is 3.55. The number of hydrogen-bond acceptors (Lipinski definition) is 8. The summed E-state index contributed by atoms with van der Waals surface area (Å²) in [4.78, 5) is 36.2. The molecule has 37 heavy (non-hydrogen) atoms. The predicted octanol–water partition coefficient (Wildman–Crippen LogP) is 4.00. The molecular formula is C25H21BrN4O7.